The minimum absolute atomic E-state index is 0.536. The number of hydroxylamine groups is 1. The Labute approximate surface area is 79.7 Å². The van der Waals surface area contributed by atoms with Gasteiger partial charge in [0.05, 0.1) is 0 Å². The molecule has 0 aromatic heterocycles. The van der Waals surface area contributed by atoms with E-state index >= 15 is 0 Å². The van der Waals surface area contributed by atoms with Crippen LogP contribution in [0.3, 0.4) is 0 Å². The summed E-state index contributed by atoms with van der Waals surface area (Å²) in [5, 5.41) is 11.3. The summed E-state index contributed by atoms with van der Waals surface area (Å²) in [5.74, 6) is 0. The van der Waals surface area contributed by atoms with Crippen LogP contribution in [-0.2, 0) is 0 Å². The fourth-order valence-corrected chi connectivity index (χ4v) is 1.18. The predicted molar refractivity (Wildman–Crippen MR) is 51.7 cm³/mol. The van der Waals surface area contributed by atoms with Crippen LogP contribution in [0.4, 0.5) is 4.39 Å². The highest BCUT2D eigenvalue weighted by atomic mass is 19.1. The Morgan fingerprint density at radius 2 is 2.00 bits per heavy atom. The smallest absolute Gasteiger partial charge is 0.100 e. The van der Waals surface area contributed by atoms with Crippen molar-refractivity contribution in [2.24, 2.45) is 0 Å². The summed E-state index contributed by atoms with van der Waals surface area (Å²) in [7, 11) is 0. The molecule has 0 unspecified atom stereocenters. The Bertz CT molecular complexity index is 104. The van der Waals surface area contributed by atoms with E-state index in [4.69, 9.17) is 5.21 Å². The van der Waals surface area contributed by atoms with E-state index in [1.807, 2.05) is 6.92 Å². The van der Waals surface area contributed by atoms with Crippen molar-refractivity contribution >= 4 is 0 Å². The summed E-state index contributed by atoms with van der Waals surface area (Å²) < 4.78 is 12.9. The van der Waals surface area contributed by atoms with Crippen molar-refractivity contribution in [3.63, 3.8) is 0 Å². The van der Waals surface area contributed by atoms with Crippen molar-refractivity contribution in [2.45, 2.75) is 38.8 Å². The lowest BCUT2D eigenvalue weighted by atomic mass is 10.1. The van der Waals surface area contributed by atoms with Crippen molar-refractivity contribution in [3.05, 3.63) is 0 Å². The molecule has 0 spiro atoms. The molecular formula is C9H21FN2O. The summed E-state index contributed by atoms with van der Waals surface area (Å²) in [6, 6.07) is 0. The van der Waals surface area contributed by atoms with Gasteiger partial charge < -0.3 is 10.5 Å². The number of alkyl halides is 1. The molecule has 0 rings (SSSR count). The standard InChI is InChI=1S/C9H21FN2O/c1-2-4-9(10)5-3-6-11-7-8-12-13/h9,11-13H,2-8H2,1H3/t9-/m0/s1. The predicted octanol–water partition coefficient (Wildman–Crippen LogP) is 1.47. The van der Waals surface area contributed by atoms with Gasteiger partial charge >= 0.3 is 0 Å². The Hall–Kier alpha value is -0.190. The van der Waals surface area contributed by atoms with Gasteiger partial charge in [-0.3, -0.25) is 0 Å². The average molecular weight is 192 g/mol. The Morgan fingerprint density at radius 3 is 2.62 bits per heavy atom. The summed E-state index contributed by atoms with van der Waals surface area (Å²) in [6.45, 7) is 4.08. The highest BCUT2D eigenvalue weighted by molar-refractivity contribution is 4.57. The Kier molecular flexibility index (Phi) is 9.75. The van der Waals surface area contributed by atoms with Crippen LogP contribution in [0.5, 0.6) is 0 Å². The van der Waals surface area contributed by atoms with Crippen LogP contribution >= 0.6 is 0 Å². The second-order valence-electron chi connectivity index (χ2n) is 3.19. The molecule has 0 aromatic carbocycles. The first-order chi connectivity index (χ1) is 6.31. The van der Waals surface area contributed by atoms with E-state index in [-0.39, 0.29) is 0 Å². The van der Waals surface area contributed by atoms with E-state index in [1.54, 1.807) is 0 Å². The van der Waals surface area contributed by atoms with E-state index in [0.29, 0.717) is 19.4 Å². The normalized spacial score (nSPS) is 13.2. The molecule has 0 saturated carbocycles. The highest BCUT2D eigenvalue weighted by Gasteiger charge is 2.03. The van der Waals surface area contributed by atoms with Crippen LogP contribution in [-0.4, -0.2) is 31.0 Å². The number of halogens is 1. The lowest BCUT2D eigenvalue weighted by molar-refractivity contribution is 0.167. The average Bonchev–Trinajstić information content (AvgIpc) is 2.11. The number of hydrogen-bond acceptors (Lipinski definition) is 3. The third-order valence-electron chi connectivity index (χ3n) is 1.89. The van der Waals surface area contributed by atoms with E-state index in [9.17, 15) is 4.39 Å². The largest absolute Gasteiger partial charge is 0.317 e. The molecule has 13 heavy (non-hydrogen) atoms. The highest BCUT2D eigenvalue weighted by Crippen LogP contribution is 2.07. The van der Waals surface area contributed by atoms with E-state index in [0.717, 1.165) is 25.9 Å². The quantitative estimate of drug-likeness (QED) is 0.383. The van der Waals surface area contributed by atoms with Gasteiger partial charge in [0, 0.05) is 13.1 Å². The third-order valence-corrected chi connectivity index (χ3v) is 1.89. The molecule has 0 aliphatic heterocycles. The minimum Gasteiger partial charge on any atom is -0.317 e. The van der Waals surface area contributed by atoms with Gasteiger partial charge in [-0.2, -0.15) is 0 Å². The number of nitrogens with one attached hydrogen (secondary N) is 2. The maximum atomic E-state index is 12.9. The van der Waals surface area contributed by atoms with Gasteiger partial charge in [0.2, 0.25) is 0 Å². The van der Waals surface area contributed by atoms with Crippen LogP contribution in [0.1, 0.15) is 32.6 Å². The minimum atomic E-state index is -0.636. The molecule has 0 aliphatic rings. The van der Waals surface area contributed by atoms with Gasteiger partial charge in [0.25, 0.3) is 0 Å². The van der Waals surface area contributed by atoms with E-state index in [1.165, 1.54) is 0 Å². The maximum absolute atomic E-state index is 12.9. The SMILES string of the molecule is CCC[C@H](F)CCCNCCNO. The molecule has 1 atom stereocenters. The molecule has 0 radical (unpaired) electrons. The van der Waals surface area contributed by atoms with Crippen molar-refractivity contribution in [1.29, 1.82) is 0 Å². The van der Waals surface area contributed by atoms with Gasteiger partial charge in [-0.05, 0) is 25.8 Å². The summed E-state index contributed by atoms with van der Waals surface area (Å²) in [6.07, 6.45) is 2.48. The van der Waals surface area contributed by atoms with Crippen LogP contribution in [0.2, 0.25) is 0 Å². The second kappa shape index (κ2) is 9.89. The van der Waals surface area contributed by atoms with Crippen molar-refractivity contribution < 1.29 is 9.60 Å². The van der Waals surface area contributed by atoms with Crippen LogP contribution < -0.4 is 10.8 Å². The fourth-order valence-electron chi connectivity index (χ4n) is 1.18. The first-order valence-corrected chi connectivity index (χ1v) is 5.03. The maximum Gasteiger partial charge on any atom is 0.100 e. The molecule has 4 heteroatoms. The summed E-state index contributed by atoms with van der Waals surface area (Å²) in [4.78, 5) is 0. The zero-order valence-corrected chi connectivity index (χ0v) is 8.35. The molecule has 0 fully saturated rings. The molecule has 0 bridgehead atoms. The third kappa shape index (κ3) is 9.73. The van der Waals surface area contributed by atoms with Gasteiger partial charge in [-0.25, -0.2) is 9.87 Å². The lowest BCUT2D eigenvalue weighted by Crippen LogP contribution is -2.26. The monoisotopic (exact) mass is 192 g/mol. The van der Waals surface area contributed by atoms with Gasteiger partial charge in [-0.1, -0.05) is 13.3 Å². The topological polar surface area (TPSA) is 44.3 Å². The molecule has 80 valence electrons. The molecule has 0 saturated heterocycles. The lowest BCUT2D eigenvalue weighted by Gasteiger charge is -2.06. The number of rotatable bonds is 9. The van der Waals surface area contributed by atoms with Crippen molar-refractivity contribution in [1.82, 2.24) is 10.8 Å². The van der Waals surface area contributed by atoms with Gasteiger partial charge in [0.15, 0.2) is 0 Å². The zero-order valence-electron chi connectivity index (χ0n) is 8.35. The molecule has 0 aliphatic carbocycles. The van der Waals surface area contributed by atoms with Crippen molar-refractivity contribution in [3.8, 4) is 0 Å². The van der Waals surface area contributed by atoms with Gasteiger partial charge in [-0.15, -0.1) is 0 Å². The zero-order chi connectivity index (χ0) is 9.94. The van der Waals surface area contributed by atoms with E-state index in [2.05, 4.69) is 10.8 Å². The fraction of sp³-hybridized carbons (Fsp3) is 1.00. The summed E-state index contributed by atoms with van der Waals surface area (Å²) >= 11 is 0. The molecule has 3 nitrogen and oxygen atoms in total. The van der Waals surface area contributed by atoms with E-state index < -0.39 is 6.17 Å². The number of hydrogen-bond donors (Lipinski definition) is 3. The van der Waals surface area contributed by atoms with Crippen LogP contribution in [0.15, 0.2) is 0 Å². The van der Waals surface area contributed by atoms with Gasteiger partial charge in [0.1, 0.15) is 6.17 Å². The molecule has 0 amide bonds. The first-order valence-electron chi connectivity index (χ1n) is 5.03. The molecule has 0 aromatic rings. The first kappa shape index (κ1) is 12.8. The Balaban J connectivity index is 2.97. The van der Waals surface area contributed by atoms with Crippen LogP contribution in [0.25, 0.3) is 0 Å². The molecule has 0 heterocycles. The summed E-state index contributed by atoms with van der Waals surface area (Å²) in [5.41, 5.74) is 2.05. The van der Waals surface area contributed by atoms with Crippen molar-refractivity contribution in [2.75, 3.05) is 19.6 Å². The van der Waals surface area contributed by atoms with Crippen LogP contribution in [0, 0.1) is 0 Å². The second-order valence-corrected chi connectivity index (χ2v) is 3.19. The molecular weight excluding hydrogens is 171 g/mol. The Morgan fingerprint density at radius 1 is 1.23 bits per heavy atom. The molecule has 3 N–H and O–H groups in total.